The second-order valence-electron chi connectivity index (χ2n) is 6.94. The predicted octanol–water partition coefficient (Wildman–Crippen LogP) is 1.97. The summed E-state index contributed by atoms with van der Waals surface area (Å²) >= 11 is 0. The maximum atomic E-state index is 13.1. The molecule has 5 nitrogen and oxygen atoms in total. The summed E-state index contributed by atoms with van der Waals surface area (Å²) in [7, 11) is 1.74. The van der Waals surface area contributed by atoms with Crippen LogP contribution >= 0.6 is 0 Å². The molecule has 3 rings (SSSR count). The topological polar surface area (TPSA) is 36.0 Å². The van der Waals surface area contributed by atoms with E-state index in [9.17, 15) is 9.18 Å². The molecule has 2 aliphatic rings. The minimum atomic E-state index is -0.209. The van der Waals surface area contributed by atoms with Crippen molar-refractivity contribution in [2.75, 3.05) is 51.3 Å². The van der Waals surface area contributed by atoms with Crippen LogP contribution in [0.4, 0.5) is 10.1 Å². The zero-order chi connectivity index (χ0) is 17.8. The molecule has 0 spiro atoms. The molecule has 2 heterocycles. The van der Waals surface area contributed by atoms with Gasteiger partial charge in [0.25, 0.3) is 0 Å². The Bertz CT molecular complexity index is 565. The Kier molecular flexibility index (Phi) is 5.91. The van der Waals surface area contributed by atoms with Crippen LogP contribution in [0, 0.1) is 5.82 Å². The molecular formula is C19H28FN3O2. The van der Waals surface area contributed by atoms with Gasteiger partial charge in [-0.1, -0.05) is 0 Å². The second-order valence-corrected chi connectivity index (χ2v) is 6.94. The normalized spacial score (nSPS) is 21.4. The van der Waals surface area contributed by atoms with Crippen molar-refractivity contribution in [3.63, 3.8) is 0 Å². The van der Waals surface area contributed by atoms with E-state index in [0.717, 1.165) is 57.8 Å². The maximum Gasteiger partial charge on any atom is 0.239 e. The number of carbonyl (C=O) groups excluding carboxylic acids is 1. The summed E-state index contributed by atoms with van der Waals surface area (Å²) < 4.78 is 18.4. The van der Waals surface area contributed by atoms with Gasteiger partial charge in [-0.3, -0.25) is 9.69 Å². The number of anilines is 1. The Balaban J connectivity index is 1.50. The monoisotopic (exact) mass is 349 g/mol. The molecule has 0 aliphatic carbocycles. The lowest BCUT2D eigenvalue weighted by molar-refractivity contribution is -0.138. The SMILES string of the molecule is COC1CCN(C(=O)[C@H](C)N2CCN(c3ccc(F)cc3)CC2)CC1. The molecule has 0 aromatic heterocycles. The Morgan fingerprint density at radius 2 is 1.68 bits per heavy atom. The van der Waals surface area contributed by atoms with Crippen molar-refractivity contribution in [1.29, 1.82) is 0 Å². The van der Waals surface area contributed by atoms with Gasteiger partial charge in [0.1, 0.15) is 5.82 Å². The minimum absolute atomic E-state index is 0.0885. The van der Waals surface area contributed by atoms with Crippen molar-refractivity contribution in [2.45, 2.75) is 31.9 Å². The van der Waals surface area contributed by atoms with Gasteiger partial charge >= 0.3 is 0 Å². The molecule has 0 bridgehead atoms. The van der Waals surface area contributed by atoms with Crippen LogP contribution in [0.25, 0.3) is 0 Å². The third-order valence-electron chi connectivity index (χ3n) is 5.50. The second kappa shape index (κ2) is 8.15. The zero-order valence-corrected chi connectivity index (χ0v) is 15.2. The lowest BCUT2D eigenvalue weighted by Gasteiger charge is -2.41. The van der Waals surface area contributed by atoms with Gasteiger partial charge < -0.3 is 14.5 Å². The van der Waals surface area contributed by atoms with E-state index in [1.807, 2.05) is 24.0 Å². The summed E-state index contributed by atoms with van der Waals surface area (Å²) in [6, 6.07) is 6.54. The molecule has 1 atom stereocenters. The number of rotatable bonds is 4. The number of nitrogens with zero attached hydrogens (tertiary/aromatic N) is 3. The number of benzene rings is 1. The van der Waals surface area contributed by atoms with Gasteiger partial charge in [-0.25, -0.2) is 4.39 Å². The summed E-state index contributed by atoms with van der Waals surface area (Å²) in [5, 5.41) is 0. The van der Waals surface area contributed by atoms with E-state index >= 15 is 0 Å². The molecular weight excluding hydrogens is 321 g/mol. The van der Waals surface area contributed by atoms with Gasteiger partial charge in [0.2, 0.25) is 5.91 Å². The molecule has 138 valence electrons. The molecule has 2 aliphatic heterocycles. The van der Waals surface area contributed by atoms with Gasteiger partial charge in [-0.05, 0) is 44.0 Å². The number of hydrogen-bond donors (Lipinski definition) is 0. The van der Waals surface area contributed by atoms with E-state index in [1.165, 1.54) is 12.1 Å². The highest BCUT2D eigenvalue weighted by Gasteiger charge is 2.30. The molecule has 25 heavy (non-hydrogen) atoms. The first-order valence-corrected chi connectivity index (χ1v) is 9.14. The number of amides is 1. The summed E-state index contributed by atoms with van der Waals surface area (Å²) in [4.78, 5) is 19.3. The molecule has 6 heteroatoms. The van der Waals surface area contributed by atoms with Crippen LogP contribution in [0.1, 0.15) is 19.8 Å². The first kappa shape index (κ1) is 18.1. The van der Waals surface area contributed by atoms with E-state index in [2.05, 4.69) is 9.80 Å². The summed E-state index contributed by atoms with van der Waals surface area (Å²) in [5.74, 6) is 0.0173. The molecule has 1 aromatic carbocycles. The third kappa shape index (κ3) is 4.30. The number of carbonyl (C=O) groups is 1. The number of piperidine rings is 1. The summed E-state index contributed by atoms with van der Waals surface area (Å²) in [5.41, 5.74) is 1.04. The molecule has 1 aromatic rings. The first-order valence-electron chi connectivity index (χ1n) is 9.14. The van der Waals surface area contributed by atoms with Crippen LogP contribution in [0.5, 0.6) is 0 Å². The third-order valence-corrected chi connectivity index (χ3v) is 5.50. The smallest absolute Gasteiger partial charge is 0.239 e. The van der Waals surface area contributed by atoms with E-state index in [4.69, 9.17) is 4.74 Å². The van der Waals surface area contributed by atoms with Gasteiger partial charge in [0.05, 0.1) is 12.1 Å². The highest BCUT2D eigenvalue weighted by Crippen LogP contribution is 2.19. The number of piperazine rings is 1. The van der Waals surface area contributed by atoms with E-state index in [1.54, 1.807) is 7.11 Å². The highest BCUT2D eigenvalue weighted by atomic mass is 19.1. The van der Waals surface area contributed by atoms with Gasteiger partial charge in [-0.15, -0.1) is 0 Å². The van der Waals surface area contributed by atoms with Crippen LogP contribution in [0.3, 0.4) is 0 Å². The number of hydrogen-bond acceptors (Lipinski definition) is 4. The average molecular weight is 349 g/mol. The lowest BCUT2D eigenvalue weighted by atomic mass is 10.1. The predicted molar refractivity (Wildman–Crippen MR) is 96.3 cm³/mol. The minimum Gasteiger partial charge on any atom is -0.381 e. The molecule has 0 unspecified atom stereocenters. The number of likely N-dealkylation sites (tertiary alicyclic amines) is 1. The number of ether oxygens (including phenoxy) is 1. The Morgan fingerprint density at radius 3 is 2.24 bits per heavy atom. The quantitative estimate of drug-likeness (QED) is 0.833. The molecule has 2 saturated heterocycles. The van der Waals surface area contributed by atoms with Gasteiger partial charge in [0, 0.05) is 52.1 Å². The highest BCUT2D eigenvalue weighted by molar-refractivity contribution is 5.81. The fourth-order valence-corrected chi connectivity index (χ4v) is 3.75. The van der Waals surface area contributed by atoms with Crippen molar-refractivity contribution in [1.82, 2.24) is 9.80 Å². The van der Waals surface area contributed by atoms with Crippen molar-refractivity contribution < 1.29 is 13.9 Å². The lowest BCUT2D eigenvalue weighted by Crippen LogP contribution is -2.55. The fraction of sp³-hybridized carbons (Fsp3) is 0.632. The zero-order valence-electron chi connectivity index (χ0n) is 15.2. The van der Waals surface area contributed by atoms with Crippen molar-refractivity contribution in [3.05, 3.63) is 30.1 Å². The van der Waals surface area contributed by atoms with Crippen LogP contribution in [0.2, 0.25) is 0 Å². The van der Waals surface area contributed by atoms with Crippen LogP contribution in [-0.4, -0.2) is 74.2 Å². The van der Waals surface area contributed by atoms with Gasteiger partial charge in [-0.2, -0.15) is 0 Å². The van der Waals surface area contributed by atoms with E-state index < -0.39 is 0 Å². The largest absolute Gasteiger partial charge is 0.381 e. The van der Waals surface area contributed by atoms with Crippen LogP contribution < -0.4 is 4.90 Å². The van der Waals surface area contributed by atoms with E-state index in [-0.39, 0.29) is 17.8 Å². The Labute approximate surface area is 149 Å². The van der Waals surface area contributed by atoms with Crippen LogP contribution in [0.15, 0.2) is 24.3 Å². The molecule has 0 radical (unpaired) electrons. The maximum absolute atomic E-state index is 13.1. The number of methoxy groups -OCH3 is 1. The molecule has 1 amide bonds. The Morgan fingerprint density at radius 1 is 1.08 bits per heavy atom. The summed E-state index contributed by atoms with van der Waals surface area (Å²) in [6.45, 7) is 6.99. The average Bonchev–Trinajstić information content (AvgIpc) is 2.67. The molecule has 0 saturated carbocycles. The van der Waals surface area contributed by atoms with Gasteiger partial charge in [0.15, 0.2) is 0 Å². The fourth-order valence-electron chi connectivity index (χ4n) is 3.75. The standard InChI is InChI=1S/C19H28FN3O2/c1-15(19(24)23-9-7-18(25-2)8-10-23)21-11-13-22(14-12-21)17-5-3-16(20)4-6-17/h3-6,15,18H,7-14H2,1-2H3/t15-/m0/s1. The molecule has 2 fully saturated rings. The summed E-state index contributed by atoms with van der Waals surface area (Å²) in [6.07, 6.45) is 2.14. The van der Waals surface area contributed by atoms with Crippen molar-refractivity contribution in [3.8, 4) is 0 Å². The van der Waals surface area contributed by atoms with Crippen molar-refractivity contribution >= 4 is 11.6 Å². The number of halogens is 1. The van der Waals surface area contributed by atoms with Crippen molar-refractivity contribution in [2.24, 2.45) is 0 Å². The van der Waals surface area contributed by atoms with Crippen LogP contribution in [-0.2, 0) is 9.53 Å². The Hall–Kier alpha value is -1.66. The van der Waals surface area contributed by atoms with E-state index in [0.29, 0.717) is 6.10 Å². The molecule has 0 N–H and O–H groups in total. The first-order chi connectivity index (χ1) is 12.1.